The van der Waals surface area contributed by atoms with Crippen molar-refractivity contribution >= 4 is 17.6 Å². The summed E-state index contributed by atoms with van der Waals surface area (Å²) in [5, 5.41) is 4.63. The number of carbonyl (C=O) groups is 1. The van der Waals surface area contributed by atoms with Crippen molar-refractivity contribution in [2.45, 2.75) is 6.61 Å². The fourth-order valence-electron chi connectivity index (χ4n) is 1.59. The first-order valence-corrected chi connectivity index (χ1v) is 5.82. The molecule has 100 valence electrons. The number of halogens is 1. The van der Waals surface area contributed by atoms with Crippen LogP contribution in [0.5, 0.6) is 0 Å². The normalized spacial score (nSPS) is 10.5. The Bertz CT molecular complexity index is 598. The lowest BCUT2D eigenvalue weighted by atomic mass is 10.3. The molecule has 0 unspecified atom stereocenters. The zero-order chi connectivity index (χ0) is 13.8. The zero-order valence-corrected chi connectivity index (χ0v) is 11.2. The van der Waals surface area contributed by atoms with E-state index < -0.39 is 5.97 Å². The van der Waals surface area contributed by atoms with E-state index in [1.165, 1.54) is 11.8 Å². The number of methoxy groups -OCH3 is 2. The predicted octanol–water partition coefficient (Wildman–Crippen LogP) is 1.85. The SMILES string of the molecule is COCc1cc(C(=O)OC)n(-c2ncccc2Cl)n1. The maximum Gasteiger partial charge on any atom is 0.356 e. The van der Waals surface area contributed by atoms with Crippen molar-refractivity contribution in [3.05, 3.63) is 40.8 Å². The molecule has 7 heteroatoms. The predicted molar refractivity (Wildman–Crippen MR) is 68.4 cm³/mol. The van der Waals surface area contributed by atoms with Gasteiger partial charge in [0.05, 0.1) is 24.4 Å². The van der Waals surface area contributed by atoms with E-state index in [0.717, 1.165) is 0 Å². The summed E-state index contributed by atoms with van der Waals surface area (Å²) in [5.41, 5.74) is 0.833. The molecule has 0 amide bonds. The maximum absolute atomic E-state index is 11.7. The molecule has 0 fully saturated rings. The monoisotopic (exact) mass is 281 g/mol. The highest BCUT2D eigenvalue weighted by Crippen LogP contribution is 2.20. The quantitative estimate of drug-likeness (QED) is 0.800. The van der Waals surface area contributed by atoms with Gasteiger partial charge in [0.25, 0.3) is 0 Å². The number of hydrogen-bond donors (Lipinski definition) is 0. The van der Waals surface area contributed by atoms with Crippen molar-refractivity contribution in [3.63, 3.8) is 0 Å². The Labute approximate surface area is 114 Å². The molecular weight excluding hydrogens is 270 g/mol. The molecule has 0 saturated carbocycles. The van der Waals surface area contributed by atoms with Gasteiger partial charge in [-0.1, -0.05) is 11.6 Å². The summed E-state index contributed by atoms with van der Waals surface area (Å²) in [4.78, 5) is 15.9. The largest absolute Gasteiger partial charge is 0.464 e. The van der Waals surface area contributed by atoms with Crippen LogP contribution >= 0.6 is 11.6 Å². The number of aromatic nitrogens is 3. The van der Waals surface area contributed by atoms with E-state index in [4.69, 9.17) is 21.1 Å². The molecule has 0 aliphatic heterocycles. The van der Waals surface area contributed by atoms with Gasteiger partial charge >= 0.3 is 5.97 Å². The molecule has 6 nitrogen and oxygen atoms in total. The second-order valence-electron chi connectivity index (χ2n) is 3.67. The van der Waals surface area contributed by atoms with Crippen LogP contribution in [-0.4, -0.2) is 35.0 Å². The van der Waals surface area contributed by atoms with Gasteiger partial charge < -0.3 is 9.47 Å². The average Bonchev–Trinajstić information content (AvgIpc) is 2.82. The maximum atomic E-state index is 11.7. The summed E-state index contributed by atoms with van der Waals surface area (Å²) in [6.45, 7) is 0.279. The standard InChI is InChI=1S/C12H12ClN3O3/c1-18-7-8-6-10(12(17)19-2)16(15-8)11-9(13)4-3-5-14-11/h3-6H,7H2,1-2H3. The molecule has 0 N–H and O–H groups in total. The van der Waals surface area contributed by atoms with Crippen molar-refractivity contribution in [2.75, 3.05) is 14.2 Å². The Morgan fingerprint density at radius 3 is 2.89 bits per heavy atom. The lowest BCUT2D eigenvalue weighted by Crippen LogP contribution is -2.11. The molecular formula is C12H12ClN3O3. The molecule has 0 saturated heterocycles. The van der Waals surface area contributed by atoms with E-state index >= 15 is 0 Å². The lowest BCUT2D eigenvalue weighted by Gasteiger charge is -2.06. The van der Waals surface area contributed by atoms with Crippen LogP contribution in [0.25, 0.3) is 5.82 Å². The van der Waals surface area contributed by atoms with Gasteiger partial charge in [-0.2, -0.15) is 5.10 Å². The minimum Gasteiger partial charge on any atom is -0.464 e. The van der Waals surface area contributed by atoms with E-state index in [0.29, 0.717) is 16.5 Å². The Kier molecular flexibility index (Phi) is 4.13. The van der Waals surface area contributed by atoms with Crippen molar-refractivity contribution in [3.8, 4) is 5.82 Å². The van der Waals surface area contributed by atoms with Gasteiger partial charge in [-0.15, -0.1) is 0 Å². The van der Waals surface area contributed by atoms with Gasteiger partial charge in [-0.3, -0.25) is 0 Å². The topological polar surface area (TPSA) is 66.2 Å². The summed E-state index contributed by atoms with van der Waals surface area (Å²) >= 11 is 6.06. The molecule has 0 aromatic carbocycles. The van der Waals surface area contributed by atoms with Crippen LogP contribution in [0.2, 0.25) is 5.02 Å². The molecule has 2 heterocycles. The number of esters is 1. The van der Waals surface area contributed by atoms with Crippen LogP contribution in [0, 0.1) is 0 Å². The van der Waals surface area contributed by atoms with Crippen LogP contribution in [0.4, 0.5) is 0 Å². The van der Waals surface area contributed by atoms with E-state index in [1.807, 2.05) is 0 Å². The van der Waals surface area contributed by atoms with E-state index in [-0.39, 0.29) is 12.3 Å². The van der Waals surface area contributed by atoms with Crippen LogP contribution in [0.1, 0.15) is 16.2 Å². The van der Waals surface area contributed by atoms with Gasteiger partial charge in [0.1, 0.15) is 0 Å². The van der Waals surface area contributed by atoms with Crippen LogP contribution < -0.4 is 0 Å². The number of pyridine rings is 1. The van der Waals surface area contributed by atoms with Gasteiger partial charge in [-0.05, 0) is 18.2 Å². The first-order chi connectivity index (χ1) is 9.17. The number of carbonyl (C=O) groups excluding carboxylic acids is 1. The van der Waals surface area contributed by atoms with Crippen molar-refractivity contribution in [2.24, 2.45) is 0 Å². The van der Waals surface area contributed by atoms with Crippen molar-refractivity contribution in [1.29, 1.82) is 0 Å². The summed E-state index contributed by atoms with van der Waals surface area (Å²) < 4.78 is 11.1. The molecule has 2 aromatic rings. The minimum absolute atomic E-state index is 0.246. The summed E-state index contributed by atoms with van der Waals surface area (Å²) in [6, 6.07) is 4.95. The Morgan fingerprint density at radius 2 is 2.26 bits per heavy atom. The van der Waals surface area contributed by atoms with Crippen LogP contribution in [-0.2, 0) is 16.1 Å². The van der Waals surface area contributed by atoms with Crippen molar-refractivity contribution in [1.82, 2.24) is 14.8 Å². The molecule has 0 bridgehead atoms. The van der Waals surface area contributed by atoms with Crippen LogP contribution in [0.3, 0.4) is 0 Å². The van der Waals surface area contributed by atoms with Crippen LogP contribution in [0.15, 0.2) is 24.4 Å². The summed E-state index contributed by atoms with van der Waals surface area (Å²) in [5.74, 6) is -0.150. The fraction of sp³-hybridized carbons (Fsp3) is 0.250. The Hall–Kier alpha value is -1.92. The van der Waals surface area contributed by atoms with Crippen molar-refractivity contribution < 1.29 is 14.3 Å². The smallest absolute Gasteiger partial charge is 0.356 e. The molecule has 2 rings (SSSR count). The Morgan fingerprint density at radius 1 is 1.47 bits per heavy atom. The number of nitrogens with zero attached hydrogens (tertiary/aromatic N) is 3. The first-order valence-electron chi connectivity index (χ1n) is 5.44. The molecule has 0 aliphatic carbocycles. The molecule has 19 heavy (non-hydrogen) atoms. The molecule has 0 aliphatic rings. The van der Waals surface area contributed by atoms with Gasteiger partial charge in [-0.25, -0.2) is 14.5 Å². The highest BCUT2D eigenvalue weighted by atomic mass is 35.5. The minimum atomic E-state index is -0.517. The van der Waals surface area contributed by atoms with E-state index in [1.54, 1.807) is 31.5 Å². The number of rotatable bonds is 4. The fourth-order valence-corrected chi connectivity index (χ4v) is 1.79. The highest BCUT2D eigenvalue weighted by molar-refractivity contribution is 6.32. The van der Waals surface area contributed by atoms with Gasteiger partial charge in [0, 0.05) is 13.3 Å². The summed E-state index contributed by atoms with van der Waals surface area (Å²) in [7, 11) is 2.85. The van der Waals surface area contributed by atoms with Gasteiger partial charge in [0.15, 0.2) is 11.5 Å². The lowest BCUT2D eigenvalue weighted by molar-refractivity contribution is 0.0590. The Balaban J connectivity index is 2.54. The van der Waals surface area contributed by atoms with Gasteiger partial charge in [0.2, 0.25) is 0 Å². The molecule has 0 atom stereocenters. The number of ether oxygens (including phenoxy) is 2. The highest BCUT2D eigenvalue weighted by Gasteiger charge is 2.19. The second-order valence-corrected chi connectivity index (χ2v) is 4.07. The summed E-state index contributed by atoms with van der Waals surface area (Å²) in [6.07, 6.45) is 1.57. The molecule has 2 aromatic heterocycles. The van der Waals surface area contributed by atoms with E-state index in [9.17, 15) is 4.79 Å². The average molecular weight is 282 g/mol. The zero-order valence-electron chi connectivity index (χ0n) is 10.5. The third-order valence-corrected chi connectivity index (χ3v) is 2.68. The third kappa shape index (κ3) is 2.74. The first kappa shape index (κ1) is 13.5. The molecule has 0 radical (unpaired) electrons. The number of hydrogen-bond acceptors (Lipinski definition) is 5. The van der Waals surface area contributed by atoms with E-state index in [2.05, 4.69) is 10.1 Å². The second kappa shape index (κ2) is 5.81. The molecule has 0 spiro atoms. The third-order valence-electron chi connectivity index (χ3n) is 2.39.